The number of hydrogen-bond donors (Lipinski definition) is 1. The molecule has 1 atom stereocenters. The predicted octanol–water partition coefficient (Wildman–Crippen LogP) is 2.83. The average Bonchev–Trinajstić information content (AvgIpc) is 2.93. The van der Waals surface area contributed by atoms with Crippen LogP contribution in [-0.2, 0) is 6.61 Å². The Balaban J connectivity index is 2.14. The van der Waals surface area contributed by atoms with E-state index in [4.69, 9.17) is 14.0 Å². The van der Waals surface area contributed by atoms with Gasteiger partial charge in [0.25, 0.3) is 5.89 Å². The third-order valence-corrected chi connectivity index (χ3v) is 3.02. The van der Waals surface area contributed by atoms with Crippen LogP contribution in [0.15, 0.2) is 22.7 Å². The molecule has 0 saturated heterocycles. The molecule has 0 fully saturated rings. The van der Waals surface area contributed by atoms with Crippen molar-refractivity contribution >= 4 is 0 Å². The minimum Gasteiger partial charge on any atom is -0.497 e. The molecule has 0 aliphatic heterocycles. The van der Waals surface area contributed by atoms with E-state index >= 15 is 0 Å². The largest absolute Gasteiger partial charge is 0.497 e. The SMILES string of the molecule is COc1ccc([C@H](C)O)c(OCc2nc(C(C)C)no2)c1. The van der Waals surface area contributed by atoms with Gasteiger partial charge in [0, 0.05) is 17.5 Å². The van der Waals surface area contributed by atoms with Crippen molar-refractivity contribution in [3.63, 3.8) is 0 Å². The third kappa shape index (κ3) is 3.72. The summed E-state index contributed by atoms with van der Waals surface area (Å²) in [5, 5.41) is 13.6. The number of rotatable bonds is 6. The number of aliphatic hydroxyl groups excluding tert-OH is 1. The highest BCUT2D eigenvalue weighted by Crippen LogP contribution is 2.30. The van der Waals surface area contributed by atoms with Gasteiger partial charge in [-0.3, -0.25) is 0 Å². The number of aromatic nitrogens is 2. The zero-order chi connectivity index (χ0) is 15.4. The first-order chi connectivity index (χ1) is 10.0. The summed E-state index contributed by atoms with van der Waals surface area (Å²) >= 11 is 0. The van der Waals surface area contributed by atoms with Gasteiger partial charge in [-0.05, 0) is 19.1 Å². The van der Waals surface area contributed by atoms with E-state index in [2.05, 4.69) is 10.1 Å². The minimum atomic E-state index is -0.639. The Hall–Kier alpha value is -2.08. The van der Waals surface area contributed by atoms with Crippen LogP contribution in [0.5, 0.6) is 11.5 Å². The smallest absolute Gasteiger partial charge is 0.264 e. The predicted molar refractivity (Wildman–Crippen MR) is 76.3 cm³/mol. The Bertz CT molecular complexity index is 593. The molecule has 1 aromatic carbocycles. The molecule has 1 heterocycles. The lowest BCUT2D eigenvalue weighted by Gasteiger charge is -2.13. The van der Waals surface area contributed by atoms with E-state index in [9.17, 15) is 5.11 Å². The number of methoxy groups -OCH3 is 1. The molecule has 0 saturated carbocycles. The highest BCUT2D eigenvalue weighted by atomic mass is 16.5. The van der Waals surface area contributed by atoms with E-state index in [1.54, 1.807) is 32.2 Å². The third-order valence-electron chi connectivity index (χ3n) is 3.02. The Kier molecular flexibility index (Phi) is 4.80. The van der Waals surface area contributed by atoms with E-state index in [-0.39, 0.29) is 12.5 Å². The van der Waals surface area contributed by atoms with Crippen molar-refractivity contribution < 1.29 is 19.1 Å². The second-order valence-corrected chi connectivity index (χ2v) is 5.07. The second kappa shape index (κ2) is 6.58. The van der Waals surface area contributed by atoms with Gasteiger partial charge in [-0.15, -0.1) is 0 Å². The van der Waals surface area contributed by atoms with Gasteiger partial charge >= 0.3 is 0 Å². The van der Waals surface area contributed by atoms with Gasteiger partial charge in [0.2, 0.25) is 0 Å². The number of hydrogen-bond acceptors (Lipinski definition) is 6. The topological polar surface area (TPSA) is 77.6 Å². The summed E-state index contributed by atoms with van der Waals surface area (Å²) in [7, 11) is 1.58. The summed E-state index contributed by atoms with van der Waals surface area (Å²) < 4.78 is 16.0. The van der Waals surface area contributed by atoms with E-state index in [0.717, 1.165) is 0 Å². The molecule has 0 amide bonds. The Morgan fingerprint density at radius 2 is 2.05 bits per heavy atom. The van der Waals surface area contributed by atoms with Crippen molar-refractivity contribution in [2.45, 2.75) is 39.4 Å². The number of nitrogens with zero attached hydrogens (tertiary/aromatic N) is 2. The standard InChI is InChI=1S/C15H20N2O4/c1-9(2)15-16-14(21-17-15)8-20-13-7-11(19-4)5-6-12(13)10(3)18/h5-7,9-10,18H,8H2,1-4H3/t10-/m0/s1. The molecule has 2 rings (SSSR count). The molecule has 1 aromatic heterocycles. The lowest BCUT2D eigenvalue weighted by Crippen LogP contribution is -2.02. The molecule has 6 heteroatoms. The zero-order valence-corrected chi connectivity index (χ0v) is 12.7. The Morgan fingerprint density at radius 1 is 1.29 bits per heavy atom. The van der Waals surface area contributed by atoms with Crippen molar-refractivity contribution in [1.82, 2.24) is 10.1 Å². The number of ether oxygens (including phenoxy) is 2. The highest BCUT2D eigenvalue weighted by molar-refractivity contribution is 5.41. The quantitative estimate of drug-likeness (QED) is 0.882. The Morgan fingerprint density at radius 3 is 2.62 bits per heavy atom. The highest BCUT2D eigenvalue weighted by Gasteiger charge is 2.14. The normalized spacial score (nSPS) is 12.5. The molecule has 6 nitrogen and oxygen atoms in total. The maximum absolute atomic E-state index is 9.77. The van der Waals surface area contributed by atoms with Crippen molar-refractivity contribution in [3.05, 3.63) is 35.5 Å². The summed E-state index contributed by atoms with van der Waals surface area (Å²) in [6.07, 6.45) is -0.639. The second-order valence-electron chi connectivity index (χ2n) is 5.07. The molecule has 0 radical (unpaired) electrons. The van der Waals surface area contributed by atoms with Gasteiger partial charge in [-0.2, -0.15) is 4.98 Å². The van der Waals surface area contributed by atoms with E-state index < -0.39 is 6.10 Å². The zero-order valence-electron chi connectivity index (χ0n) is 12.7. The summed E-state index contributed by atoms with van der Waals surface area (Å²) in [6, 6.07) is 5.27. The molecule has 0 aliphatic rings. The van der Waals surface area contributed by atoms with Gasteiger partial charge in [0.05, 0.1) is 13.2 Å². The first-order valence-corrected chi connectivity index (χ1v) is 6.82. The van der Waals surface area contributed by atoms with Crippen molar-refractivity contribution in [3.8, 4) is 11.5 Å². The van der Waals surface area contributed by atoms with E-state index in [0.29, 0.717) is 28.8 Å². The summed E-state index contributed by atoms with van der Waals surface area (Å²) in [4.78, 5) is 4.25. The van der Waals surface area contributed by atoms with Crippen LogP contribution in [0.4, 0.5) is 0 Å². The first-order valence-electron chi connectivity index (χ1n) is 6.82. The van der Waals surface area contributed by atoms with Crippen LogP contribution in [0.25, 0.3) is 0 Å². The maximum atomic E-state index is 9.77. The fraction of sp³-hybridized carbons (Fsp3) is 0.467. The van der Waals surface area contributed by atoms with E-state index in [1.165, 1.54) is 0 Å². The van der Waals surface area contributed by atoms with Gasteiger partial charge < -0.3 is 19.1 Å². The summed E-state index contributed by atoms with van der Waals surface area (Å²) in [5.74, 6) is 2.44. The number of benzene rings is 1. The molecule has 0 bridgehead atoms. The van der Waals surface area contributed by atoms with Gasteiger partial charge in [0.15, 0.2) is 12.4 Å². The van der Waals surface area contributed by atoms with Crippen LogP contribution in [0.1, 0.15) is 50.1 Å². The molecule has 1 N–H and O–H groups in total. The van der Waals surface area contributed by atoms with Gasteiger partial charge in [-0.1, -0.05) is 19.0 Å². The fourth-order valence-electron chi connectivity index (χ4n) is 1.81. The lowest BCUT2D eigenvalue weighted by atomic mass is 10.1. The maximum Gasteiger partial charge on any atom is 0.264 e. The molecule has 0 spiro atoms. The number of aliphatic hydroxyl groups is 1. The van der Waals surface area contributed by atoms with Gasteiger partial charge in [0.1, 0.15) is 11.5 Å². The molecule has 0 aliphatic carbocycles. The van der Waals surface area contributed by atoms with Crippen LogP contribution in [0.2, 0.25) is 0 Å². The molecular weight excluding hydrogens is 272 g/mol. The molecule has 114 valence electrons. The van der Waals surface area contributed by atoms with Gasteiger partial charge in [-0.25, -0.2) is 0 Å². The van der Waals surface area contributed by atoms with Crippen LogP contribution >= 0.6 is 0 Å². The fourth-order valence-corrected chi connectivity index (χ4v) is 1.81. The van der Waals surface area contributed by atoms with E-state index in [1.807, 2.05) is 13.8 Å². The van der Waals surface area contributed by atoms with Crippen LogP contribution in [-0.4, -0.2) is 22.4 Å². The van der Waals surface area contributed by atoms with Crippen molar-refractivity contribution in [2.24, 2.45) is 0 Å². The van der Waals surface area contributed by atoms with Crippen LogP contribution in [0, 0.1) is 0 Å². The molecule has 2 aromatic rings. The first kappa shape index (κ1) is 15.3. The Labute approximate surface area is 123 Å². The van der Waals surface area contributed by atoms with Crippen molar-refractivity contribution in [2.75, 3.05) is 7.11 Å². The minimum absolute atomic E-state index is 0.145. The molecular formula is C15H20N2O4. The lowest BCUT2D eigenvalue weighted by molar-refractivity contribution is 0.185. The summed E-state index contributed by atoms with van der Waals surface area (Å²) in [5.41, 5.74) is 0.680. The van der Waals surface area contributed by atoms with Crippen LogP contribution < -0.4 is 9.47 Å². The van der Waals surface area contributed by atoms with Crippen molar-refractivity contribution in [1.29, 1.82) is 0 Å². The monoisotopic (exact) mass is 292 g/mol. The summed E-state index contributed by atoms with van der Waals surface area (Å²) in [6.45, 7) is 5.80. The molecule has 0 unspecified atom stereocenters. The molecule has 21 heavy (non-hydrogen) atoms. The van der Waals surface area contributed by atoms with Crippen LogP contribution in [0.3, 0.4) is 0 Å². The average molecular weight is 292 g/mol.